The molecule has 5 rings (SSSR count). The monoisotopic (exact) mass is 630 g/mol. The Kier molecular flexibility index (Phi) is 9.40. The highest BCUT2D eigenvalue weighted by Gasteiger charge is 2.37. The number of hydrogen-bond acceptors (Lipinski definition) is 11. The summed E-state index contributed by atoms with van der Waals surface area (Å²) in [5.41, 5.74) is -0.0420. The number of carboxylic acids is 1. The van der Waals surface area contributed by atoms with Gasteiger partial charge in [-0.1, -0.05) is 29.5 Å². The zero-order valence-electron chi connectivity index (χ0n) is 23.2. The lowest BCUT2D eigenvalue weighted by atomic mass is 10.1. The third kappa shape index (κ3) is 7.21. The van der Waals surface area contributed by atoms with Crippen LogP contribution in [0.5, 0.6) is 10.8 Å². The zero-order valence-corrected chi connectivity index (χ0v) is 24.8. The fraction of sp³-hybridized carbons (Fsp3) is 0.379. The van der Waals surface area contributed by atoms with Crippen LogP contribution >= 0.6 is 11.3 Å². The number of carboxylic acid groups (broad SMARTS) is 1. The molecule has 1 atom stereocenters. The first-order valence-electron chi connectivity index (χ1n) is 13.7. The molecule has 1 saturated carbocycles. The Morgan fingerprint density at radius 3 is 2.47 bits per heavy atom. The van der Waals surface area contributed by atoms with Crippen molar-refractivity contribution in [1.29, 1.82) is 0 Å². The van der Waals surface area contributed by atoms with Crippen LogP contribution in [-0.2, 0) is 28.8 Å². The second-order valence-electron chi connectivity index (χ2n) is 9.92. The molecule has 43 heavy (non-hydrogen) atoms. The highest BCUT2D eigenvalue weighted by molar-refractivity contribution is 7.92. The summed E-state index contributed by atoms with van der Waals surface area (Å²) in [5, 5.41) is 12.4. The van der Waals surface area contributed by atoms with Crippen LogP contribution in [0, 0.1) is 0 Å². The number of nitrogens with one attached hydrogen (secondary N) is 1. The predicted molar refractivity (Wildman–Crippen MR) is 154 cm³/mol. The number of rotatable bonds is 12. The average molecular weight is 631 g/mol. The number of hydrogen-bond donors (Lipinski definition) is 2. The van der Waals surface area contributed by atoms with E-state index in [1.165, 1.54) is 36.5 Å². The Hall–Kier alpha value is -3.85. The van der Waals surface area contributed by atoms with E-state index < -0.39 is 33.8 Å². The van der Waals surface area contributed by atoms with E-state index in [0.717, 1.165) is 11.3 Å². The molecule has 228 valence electrons. The van der Waals surface area contributed by atoms with Gasteiger partial charge in [-0.3, -0.25) is 10.1 Å². The molecule has 1 saturated heterocycles. The molecule has 2 fully saturated rings. The van der Waals surface area contributed by atoms with Gasteiger partial charge >= 0.3 is 11.9 Å². The fourth-order valence-corrected chi connectivity index (χ4v) is 6.90. The molecule has 0 radical (unpaired) electrons. The molecule has 14 heteroatoms. The van der Waals surface area contributed by atoms with Gasteiger partial charge in [-0.25, -0.2) is 23.0 Å². The first-order valence-corrected chi connectivity index (χ1v) is 16.1. The highest BCUT2D eigenvalue weighted by atomic mass is 32.2. The van der Waals surface area contributed by atoms with Crippen molar-refractivity contribution >= 4 is 44.2 Å². The Morgan fingerprint density at radius 1 is 1.09 bits per heavy atom. The maximum Gasteiger partial charge on any atom is 0.340 e. The summed E-state index contributed by atoms with van der Waals surface area (Å²) >= 11 is 0.946. The van der Waals surface area contributed by atoms with Gasteiger partial charge < -0.3 is 24.1 Å². The van der Waals surface area contributed by atoms with Crippen molar-refractivity contribution in [3.05, 3.63) is 65.4 Å². The van der Waals surface area contributed by atoms with Crippen molar-refractivity contribution in [2.45, 2.75) is 55.0 Å². The van der Waals surface area contributed by atoms with Crippen LogP contribution < -0.4 is 10.1 Å². The number of benzene rings is 2. The van der Waals surface area contributed by atoms with Gasteiger partial charge in [-0.2, -0.15) is 0 Å². The SMILES string of the molecule is CCOC(=O)c1cccc(Oc2cnc(NC(=O)C(OC3CCOCC3)c3ccc(S(=O)(=O)C4CC4)cc3)s2)c1C(=O)O. The largest absolute Gasteiger partial charge is 0.478 e. The molecule has 2 N–H and O–H groups in total. The van der Waals surface area contributed by atoms with Crippen LogP contribution in [0.25, 0.3) is 0 Å². The van der Waals surface area contributed by atoms with Crippen LogP contribution in [0.4, 0.5) is 5.13 Å². The van der Waals surface area contributed by atoms with Gasteiger partial charge in [-0.05, 0) is 62.4 Å². The number of sulfone groups is 1. The Labute approximate surface area is 251 Å². The van der Waals surface area contributed by atoms with Gasteiger partial charge in [0.2, 0.25) is 5.06 Å². The lowest BCUT2D eigenvalue weighted by Crippen LogP contribution is -2.31. The molecule has 3 aromatic rings. The zero-order chi connectivity index (χ0) is 30.6. The van der Waals surface area contributed by atoms with Crippen LogP contribution in [-0.4, -0.2) is 67.5 Å². The van der Waals surface area contributed by atoms with Gasteiger partial charge in [0.1, 0.15) is 11.3 Å². The molecule has 1 aromatic heterocycles. The Morgan fingerprint density at radius 2 is 1.81 bits per heavy atom. The summed E-state index contributed by atoms with van der Waals surface area (Å²) in [6, 6.07) is 10.4. The van der Waals surface area contributed by atoms with Gasteiger partial charge in [0.05, 0.1) is 34.6 Å². The summed E-state index contributed by atoms with van der Waals surface area (Å²) in [6.07, 6.45) is 2.51. The van der Waals surface area contributed by atoms with Gasteiger partial charge in [0.15, 0.2) is 21.1 Å². The van der Waals surface area contributed by atoms with Crippen LogP contribution in [0.2, 0.25) is 0 Å². The average Bonchev–Trinajstić information content (AvgIpc) is 3.78. The molecule has 2 aliphatic rings. The minimum Gasteiger partial charge on any atom is -0.478 e. The third-order valence-corrected chi connectivity index (χ3v) is 9.94. The summed E-state index contributed by atoms with van der Waals surface area (Å²) in [7, 11) is -3.39. The highest BCUT2D eigenvalue weighted by Crippen LogP contribution is 2.36. The molecule has 2 aromatic carbocycles. The van der Waals surface area contributed by atoms with E-state index in [9.17, 15) is 27.9 Å². The van der Waals surface area contributed by atoms with Crippen LogP contribution in [0.3, 0.4) is 0 Å². The summed E-state index contributed by atoms with van der Waals surface area (Å²) in [4.78, 5) is 42.1. The van der Waals surface area contributed by atoms with E-state index in [1.807, 2.05) is 0 Å². The quantitative estimate of drug-likeness (QED) is 0.268. The van der Waals surface area contributed by atoms with E-state index >= 15 is 0 Å². The van der Waals surface area contributed by atoms with E-state index in [0.29, 0.717) is 44.5 Å². The van der Waals surface area contributed by atoms with E-state index in [4.69, 9.17) is 18.9 Å². The summed E-state index contributed by atoms with van der Waals surface area (Å²) in [6.45, 7) is 2.68. The summed E-state index contributed by atoms with van der Waals surface area (Å²) < 4.78 is 47.6. The van der Waals surface area contributed by atoms with E-state index in [2.05, 4.69) is 10.3 Å². The first-order chi connectivity index (χ1) is 20.7. The van der Waals surface area contributed by atoms with E-state index in [-0.39, 0.29) is 49.9 Å². The van der Waals surface area contributed by atoms with Crippen LogP contribution in [0.15, 0.2) is 53.6 Å². The molecule has 1 amide bonds. The maximum atomic E-state index is 13.5. The second-order valence-corrected chi connectivity index (χ2v) is 13.1. The molecular weight excluding hydrogens is 600 g/mol. The first kappa shape index (κ1) is 30.6. The maximum absolute atomic E-state index is 13.5. The van der Waals surface area contributed by atoms with Crippen molar-refractivity contribution in [1.82, 2.24) is 4.98 Å². The van der Waals surface area contributed by atoms with Gasteiger partial charge in [-0.15, -0.1) is 0 Å². The van der Waals surface area contributed by atoms with Gasteiger partial charge in [0, 0.05) is 13.2 Å². The van der Waals surface area contributed by atoms with Crippen molar-refractivity contribution in [3.8, 4) is 10.8 Å². The predicted octanol–water partition coefficient (Wildman–Crippen LogP) is 4.62. The molecule has 1 aliphatic carbocycles. The smallest absolute Gasteiger partial charge is 0.340 e. The standard InChI is InChI=1S/C29H30N2O10S2/c1-2-39-28(35)21-4-3-5-22(24(21)27(33)34)41-23-16-30-29(42-23)31-26(32)25(40-18-12-14-38-15-13-18)17-6-8-19(9-7-17)43(36,37)20-10-11-20/h3-9,16,18,20,25H,2,10-15H2,1H3,(H,33,34)(H,30,31,32). The van der Waals surface area contributed by atoms with Gasteiger partial charge in [0.25, 0.3) is 5.91 Å². The molecular formula is C29H30N2O10S2. The minimum absolute atomic E-state index is 0.0732. The molecule has 12 nitrogen and oxygen atoms in total. The third-order valence-electron chi connectivity index (χ3n) is 6.87. The number of nitrogens with zero attached hydrogens (tertiary/aromatic N) is 1. The number of carbonyl (C=O) groups is 3. The number of ether oxygens (including phenoxy) is 4. The molecule has 0 spiro atoms. The normalized spacial score (nSPS) is 16.3. The number of thiazole rings is 1. The molecule has 2 heterocycles. The number of aromatic carboxylic acids is 1. The number of anilines is 1. The van der Waals surface area contributed by atoms with Crippen molar-refractivity contribution in [3.63, 3.8) is 0 Å². The topological polar surface area (TPSA) is 167 Å². The fourth-order valence-electron chi connectivity index (χ4n) is 4.56. The number of amides is 1. The van der Waals surface area contributed by atoms with Crippen molar-refractivity contribution in [2.24, 2.45) is 0 Å². The second kappa shape index (κ2) is 13.2. The van der Waals surface area contributed by atoms with E-state index in [1.54, 1.807) is 19.1 Å². The Bertz CT molecular complexity index is 1590. The molecule has 1 aliphatic heterocycles. The van der Waals surface area contributed by atoms with Crippen LogP contribution in [0.1, 0.15) is 65.0 Å². The number of carbonyl (C=O) groups excluding carboxylic acids is 2. The molecule has 1 unspecified atom stereocenters. The summed E-state index contributed by atoms with van der Waals surface area (Å²) in [5.74, 6) is -2.79. The lowest BCUT2D eigenvalue weighted by Gasteiger charge is -2.27. The van der Waals surface area contributed by atoms with Crippen molar-refractivity contribution in [2.75, 3.05) is 25.1 Å². The molecule has 0 bridgehead atoms. The minimum atomic E-state index is -3.39. The Balaban J connectivity index is 1.34. The number of aromatic nitrogens is 1. The van der Waals surface area contributed by atoms with Crippen molar-refractivity contribution < 1.29 is 46.9 Å². The number of esters is 1. The lowest BCUT2D eigenvalue weighted by molar-refractivity contribution is -0.136.